The zero-order valence-corrected chi connectivity index (χ0v) is 18.2. The van der Waals surface area contributed by atoms with Crippen LogP contribution in [0.1, 0.15) is 6.92 Å². The molecule has 1 heterocycles. The van der Waals surface area contributed by atoms with Gasteiger partial charge >= 0.3 is 88.4 Å². The first-order valence-corrected chi connectivity index (χ1v) is 12.8. The van der Waals surface area contributed by atoms with E-state index in [0.29, 0.717) is 0 Å². The number of hydrogen-bond acceptors (Lipinski definition) is 8. The molecular weight excluding hydrogens is 465 g/mol. The van der Waals surface area contributed by atoms with Crippen molar-refractivity contribution in [3.8, 4) is 0 Å². The van der Waals surface area contributed by atoms with Crippen LogP contribution in [0.4, 0.5) is 11.4 Å². The molecule has 0 radical (unpaired) electrons. The number of nitrogens with zero attached hydrogens (tertiary/aromatic N) is 1. The molecule has 1 unspecified atom stereocenters. The van der Waals surface area contributed by atoms with E-state index in [4.69, 9.17) is 11.0 Å². The molecule has 0 aliphatic heterocycles. The zero-order chi connectivity index (χ0) is 20.6. The van der Waals surface area contributed by atoms with E-state index in [0.717, 1.165) is 5.69 Å². The molecule has 1 aromatic heterocycles. The Bertz CT molecular complexity index is 952. The van der Waals surface area contributed by atoms with Crippen LogP contribution in [-0.4, -0.2) is 34.4 Å². The zero-order valence-electron chi connectivity index (χ0n) is 14.7. The Kier molecular flexibility index (Phi) is 8.31. The van der Waals surface area contributed by atoms with Gasteiger partial charge in [-0.25, -0.2) is 0 Å². The fourth-order valence-electron chi connectivity index (χ4n) is 1.97. The number of benzene rings is 2. The number of thiazole rings is 1. The van der Waals surface area contributed by atoms with Crippen molar-refractivity contribution in [2.45, 2.75) is 16.0 Å². The van der Waals surface area contributed by atoms with E-state index in [1.807, 2.05) is 36.0 Å². The molecular formula is C17H18AsN3O5S2. The smallest absolute Gasteiger partial charge is 0.0845 e. The monoisotopic (exact) mass is 483 g/mol. The molecule has 2 aromatic carbocycles. The van der Waals surface area contributed by atoms with Gasteiger partial charge in [0.05, 0.1) is 15.9 Å². The average Bonchev–Trinajstić information content (AvgIpc) is 3.17. The Morgan fingerprint density at radius 1 is 1.25 bits per heavy atom. The minimum absolute atomic E-state index is 0.103. The normalized spacial score (nSPS) is 12.4. The van der Waals surface area contributed by atoms with Crippen molar-refractivity contribution in [3.63, 3.8) is 0 Å². The van der Waals surface area contributed by atoms with Crippen molar-refractivity contribution in [1.29, 1.82) is 0 Å². The van der Waals surface area contributed by atoms with Crippen molar-refractivity contribution in [2.24, 2.45) is 0 Å². The second kappa shape index (κ2) is 10.5. The molecule has 0 saturated carbocycles. The predicted octanol–water partition coefficient (Wildman–Crippen LogP) is 2.58. The number of rotatable bonds is 5. The number of para-hydroxylation sites is 1. The van der Waals surface area contributed by atoms with E-state index in [-0.39, 0.29) is 15.9 Å². The Balaban J connectivity index is 0.000000202. The van der Waals surface area contributed by atoms with Crippen molar-refractivity contribution in [1.82, 2.24) is 4.98 Å². The van der Waals surface area contributed by atoms with Crippen LogP contribution in [0.3, 0.4) is 0 Å². The molecule has 0 bridgehead atoms. The third-order valence-corrected chi connectivity index (χ3v) is 7.62. The summed E-state index contributed by atoms with van der Waals surface area (Å²) in [5.74, 6) is -0.379. The Labute approximate surface area is 172 Å². The molecule has 148 valence electrons. The standard InChI is InChI=1S/C9H8N2S2.C8H10AsNO5/c10-7-1-3-8(4-2-7)13-9-5-11-6-12-9;1-6(11)10-8-5-3-2-4-7(8)9(12,13)15-14/h1-6H,10H2;2-5,14H,1H3,(H,10,11)(H,12,13). The maximum atomic E-state index is 11.4. The fraction of sp³-hybridized carbons (Fsp3) is 0.0588. The van der Waals surface area contributed by atoms with Crippen LogP contribution in [0.15, 0.2) is 69.3 Å². The van der Waals surface area contributed by atoms with Gasteiger partial charge in [-0.05, 0) is 24.3 Å². The molecule has 0 aliphatic rings. The van der Waals surface area contributed by atoms with Crippen LogP contribution >= 0.6 is 23.1 Å². The molecule has 8 nitrogen and oxygen atoms in total. The van der Waals surface area contributed by atoms with E-state index < -0.39 is 14.2 Å². The average molecular weight is 483 g/mol. The van der Waals surface area contributed by atoms with E-state index >= 15 is 0 Å². The number of anilines is 2. The van der Waals surface area contributed by atoms with Gasteiger partial charge in [0.2, 0.25) is 0 Å². The summed E-state index contributed by atoms with van der Waals surface area (Å²) >= 11 is -1.58. The number of hydrogen-bond donors (Lipinski definition) is 4. The van der Waals surface area contributed by atoms with Crippen molar-refractivity contribution >= 4 is 58.9 Å². The van der Waals surface area contributed by atoms with Gasteiger partial charge in [0.1, 0.15) is 0 Å². The summed E-state index contributed by atoms with van der Waals surface area (Å²) in [5, 5.41) is 10.7. The number of carbonyl (C=O) groups is 1. The van der Waals surface area contributed by atoms with Gasteiger partial charge < -0.3 is 5.73 Å². The first-order valence-electron chi connectivity index (χ1n) is 7.77. The van der Waals surface area contributed by atoms with E-state index in [1.54, 1.807) is 29.2 Å². The number of amides is 1. The number of carbonyl (C=O) groups excluding carboxylic acids is 1. The molecule has 0 fully saturated rings. The largest absolute Gasteiger partial charge is 0.399 e. The third kappa shape index (κ3) is 6.83. The van der Waals surface area contributed by atoms with Crippen LogP contribution < -0.4 is 15.4 Å². The summed E-state index contributed by atoms with van der Waals surface area (Å²) in [6.45, 7) is 1.27. The Morgan fingerprint density at radius 2 is 1.93 bits per heavy atom. The predicted molar refractivity (Wildman–Crippen MR) is 110 cm³/mol. The molecule has 1 atom stereocenters. The van der Waals surface area contributed by atoms with Crippen molar-refractivity contribution in [2.75, 3.05) is 11.1 Å². The van der Waals surface area contributed by atoms with Crippen molar-refractivity contribution in [3.05, 3.63) is 60.2 Å². The summed E-state index contributed by atoms with van der Waals surface area (Å²) in [4.78, 5) is 16.0. The van der Waals surface area contributed by atoms with Gasteiger partial charge in [-0.2, -0.15) is 0 Å². The topological polar surface area (TPSA) is 135 Å². The van der Waals surface area contributed by atoms with E-state index in [9.17, 15) is 12.6 Å². The number of nitrogen functional groups attached to an aromatic ring is 1. The van der Waals surface area contributed by atoms with Crippen molar-refractivity contribution < 1.29 is 21.8 Å². The first kappa shape index (κ1) is 22.2. The fourth-order valence-corrected chi connectivity index (χ4v) is 5.21. The number of nitrogens with two attached hydrogens (primary N) is 1. The van der Waals surface area contributed by atoms with E-state index in [1.165, 1.54) is 34.2 Å². The number of aromatic nitrogens is 1. The van der Waals surface area contributed by atoms with Gasteiger partial charge in [-0.3, -0.25) is 4.98 Å². The maximum Gasteiger partial charge on any atom is 0.0845 e. The molecule has 3 rings (SSSR count). The third-order valence-electron chi connectivity index (χ3n) is 3.14. The quantitative estimate of drug-likeness (QED) is 0.188. The Morgan fingerprint density at radius 3 is 2.50 bits per heavy atom. The summed E-state index contributed by atoms with van der Waals surface area (Å²) in [7, 11) is 0. The maximum absolute atomic E-state index is 11.4. The van der Waals surface area contributed by atoms with Crippen LogP contribution in [0.5, 0.6) is 0 Å². The molecule has 5 N–H and O–H groups in total. The van der Waals surface area contributed by atoms with Gasteiger partial charge in [-0.15, -0.1) is 11.3 Å². The summed E-state index contributed by atoms with van der Waals surface area (Å²) < 4.78 is 25.3. The van der Waals surface area contributed by atoms with Gasteiger partial charge in [0.15, 0.2) is 0 Å². The minimum Gasteiger partial charge on any atom is -0.399 e. The van der Waals surface area contributed by atoms with Crippen LogP contribution in [0, 0.1) is 0 Å². The number of nitrogens with one attached hydrogen (secondary N) is 1. The second-order valence-corrected chi connectivity index (χ2v) is 11.1. The summed E-state index contributed by atoms with van der Waals surface area (Å²) in [6.07, 6.45) is 1.87. The molecule has 3 aromatic rings. The molecule has 0 saturated heterocycles. The first-order chi connectivity index (χ1) is 13.3. The van der Waals surface area contributed by atoms with Crippen LogP contribution in [0.25, 0.3) is 0 Å². The van der Waals surface area contributed by atoms with Crippen LogP contribution in [0.2, 0.25) is 0 Å². The molecule has 11 heteroatoms. The van der Waals surface area contributed by atoms with E-state index in [2.05, 4.69) is 14.2 Å². The summed E-state index contributed by atoms with van der Waals surface area (Å²) in [5.41, 5.74) is 8.37. The van der Waals surface area contributed by atoms with Gasteiger partial charge in [-0.1, -0.05) is 11.8 Å². The molecule has 0 spiro atoms. The van der Waals surface area contributed by atoms with Gasteiger partial charge in [0.25, 0.3) is 0 Å². The van der Waals surface area contributed by atoms with Gasteiger partial charge in [0, 0.05) is 10.6 Å². The van der Waals surface area contributed by atoms with Crippen LogP contribution in [-0.2, 0) is 12.4 Å². The SMILES string of the molecule is CC(=O)Nc1ccccc1[As](=O)(O)OO.Nc1ccc(Sc2cncs2)cc1. The second-order valence-electron chi connectivity index (χ2n) is 5.29. The minimum atomic E-state index is -4.92. The molecule has 1 amide bonds. The molecule has 0 aliphatic carbocycles. The summed E-state index contributed by atoms with van der Waals surface area (Å²) in [6, 6.07) is 13.7. The Hall–Kier alpha value is -2.07. The molecule has 28 heavy (non-hydrogen) atoms.